The number of rotatable bonds is 7. The summed E-state index contributed by atoms with van der Waals surface area (Å²) in [5.74, 6) is 1.31. The maximum absolute atomic E-state index is 4.33. The first kappa shape index (κ1) is 20.1. The number of nitrogens with zero attached hydrogens (tertiary/aromatic N) is 3. The molecule has 3 aromatic rings. The number of hydrogen-bond donors (Lipinski definition) is 0. The van der Waals surface area contributed by atoms with Gasteiger partial charge in [-0.25, -0.2) is 30.7 Å². The van der Waals surface area contributed by atoms with Gasteiger partial charge in [-0.2, -0.15) is 22.4 Å². The van der Waals surface area contributed by atoms with Crippen LogP contribution in [0.2, 0.25) is 0 Å². The van der Waals surface area contributed by atoms with E-state index in [-0.39, 0.29) is 17.1 Å². The van der Waals surface area contributed by atoms with Crippen LogP contribution in [0.5, 0.6) is 0 Å². The Morgan fingerprint density at radius 2 is 1.54 bits per heavy atom. The van der Waals surface area contributed by atoms with Gasteiger partial charge in [0.25, 0.3) is 0 Å². The van der Waals surface area contributed by atoms with Crippen LogP contribution < -0.4 is 4.90 Å². The van der Waals surface area contributed by atoms with E-state index >= 15 is 0 Å². The van der Waals surface area contributed by atoms with Crippen LogP contribution in [0.25, 0.3) is 0 Å². The van der Waals surface area contributed by atoms with Crippen LogP contribution in [0.15, 0.2) is 101 Å². The third-order valence-electron chi connectivity index (χ3n) is 4.46. The second kappa shape index (κ2) is 10.0. The molecule has 0 N–H and O–H groups in total. The van der Waals surface area contributed by atoms with Gasteiger partial charge in [-0.15, -0.1) is 12.0 Å². The summed E-state index contributed by atoms with van der Waals surface area (Å²) in [7, 11) is 0. The zero-order valence-electron chi connectivity index (χ0n) is 15.4. The molecule has 0 spiro atoms. The van der Waals surface area contributed by atoms with Gasteiger partial charge in [0.15, 0.2) is 0 Å². The van der Waals surface area contributed by atoms with Crippen molar-refractivity contribution < 1.29 is 17.1 Å². The summed E-state index contributed by atoms with van der Waals surface area (Å²) < 4.78 is 0. The van der Waals surface area contributed by atoms with Gasteiger partial charge in [-0.3, -0.25) is 0 Å². The Hall–Kier alpha value is -2.68. The quantitative estimate of drug-likeness (QED) is 0.254. The zero-order chi connectivity index (χ0) is 18.3. The topological polar surface area (TPSA) is 28.0 Å². The summed E-state index contributed by atoms with van der Waals surface area (Å²) in [5.41, 5.74) is 4.20. The van der Waals surface area contributed by atoms with E-state index in [1.807, 2.05) is 42.5 Å². The minimum absolute atomic E-state index is 0. The standard InChI is InChI=1S/C24H21N3.Fe/c1-2-12-22(13-3-1)25-26-23-14-16-24(17-15-23)27(18-20-8-4-5-9-20)19-21-10-6-7-11-21;/h1-17H,18-19H2;/q-2;+2. The van der Waals surface area contributed by atoms with Crippen LogP contribution in [0.1, 0.15) is 5.56 Å². The van der Waals surface area contributed by atoms with Crippen molar-refractivity contribution in [2.75, 3.05) is 11.4 Å². The number of hydrogen-bond acceptors (Lipinski definition) is 3. The maximum atomic E-state index is 4.33. The van der Waals surface area contributed by atoms with E-state index in [1.54, 1.807) is 0 Å². The first-order valence-corrected chi connectivity index (χ1v) is 9.10. The fourth-order valence-corrected chi connectivity index (χ4v) is 3.06. The van der Waals surface area contributed by atoms with Crippen molar-refractivity contribution in [1.82, 2.24) is 0 Å². The molecule has 4 rings (SSSR count). The van der Waals surface area contributed by atoms with E-state index in [0.29, 0.717) is 0 Å². The molecule has 0 atom stereocenters. The fourth-order valence-electron chi connectivity index (χ4n) is 3.06. The molecular weight excluding hydrogens is 386 g/mol. The Labute approximate surface area is 177 Å². The molecule has 0 saturated carbocycles. The van der Waals surface area contributed by atoms with E-state index in [2.05, 4.69) is 76.5 Å². The normalized spacial score (nSPS) is 13.4. The van der Waals surface area contributed by atoms with Crippen LogP contribution in [-0.2, 0) is 23.6 Å². The largest absolute Gasteiger partial charge is 2.00 e. The molecule has 0 heterocycles. The van der Waals surface area contributed by atoms with Crippen molar-refractivity contribution in [1.29, 1.82) is 0 Å². The van der Waals surface area contributed by atoms with Gasteiger partial charge in [0.1, 0.15) is 0 Å². The van der Waals surface area contributed by atoms with E-state index in [1.165, 1.54) is 17.2 Å². The van der Waals surface area contributed by atoms with Crippen molar-refractivity contribution >= 4 is 17.1 Å². The van der Waals surface area contributed by atoms with E-state index in [4.69, 9.17) is 0 Å². The molecule has 2 radical (unpaired) electrons. The van der Waals surface area contributed by atoms with Gasteiger partial charge in [-0.1, -0.05) is 24.1 Å². The van der Waals surface area contributed by atoms with Crippen molar-refractivity contribution in [3.8, 4) is 0 Å². The third kappa shape index (κ3) is 5.41. The smallest absolute Gasteiger partial charge is 0.370 e. The van der Waals surface area contributed by atoms with Crippen LogP contribution in [0, 0.1) is 18.8 Å². The van der Waals surface area contributed by atoms with E-state index < -0.39 is 0 Å². The predicted octanol–water partition coefficient (Wildman–Crippen LogP) is 6.38. The van der Waals surface area contributed by atoms with Crippen LogP contribution in [-0.4, -0.2) is 6.54 Å². The maximum Gasteiger partial charge on any atom is 2.00 e. The summed E-state index contributed by atoms with van der Waals surface area (Å²) in [6, 6.07) is 26.6. The van der Waals surface area contributed by atoms with Gasteiger partial charge >= 0.3 is 17.1 Å². The second-order valence-electron chi connectivity index (χ2n) is 6.49. The average molecular weight is 407 g/mol. The third-order valence-corrected chi connectivity index (χ3v) is 4.46. The van der Waals surface area contributed by atoms with Gasteiger partial charge in [-0.05, 0) is 36.4 Å². The van der Waals surface area contributed by atoms with Gasteiger partial charge in [0, 0.05) is 18.8 Å². The Morgan fingerprint density at radius 3 is 2.18 bits per heavy atom. The van der Waals surface area contributed by atoms with Crippen molar-refractivity contribution in [3.63, 3.8) is 0 Å². The molecule has 0 fully saturated rings. The average Bonchev–Trinajstić information content (AvgIpc) is 3.41. The Bertz CT molecular complexity index is 875. The molecule has 140 valence electrons. The second-order valence-corrected chi connectivity index (χ2v) is 6.49. The number of azo groups is 1. The molecule has 0 bridgehead atoms. The van der Waals surface area contributed by atoms with Crippen molar-refractivity contribution in [3.05, 3.63) is 115 Å². The number of allylic oxidation sites excluding steroid dienone is 2. The van der Waals surface area contributed by atoms with Gasteiger partial charge in [0.05, 0.1) is 11.4 Å². The molecular formula is C24H21FeN3. The molecule has 1 aliphatic rings. The Balaban J connectivity index is 0.00000225. The number of anilines is 1. The van der Waals surface area contributed by atoms with Crippen LogP contribution in [0.4, 0.5) is 17.1 Å². The van der Waals surface area contributed by atoms with Crippen LogP contribution >= 0.6 is 0 Å². The van der Waals surface area contributed by atoms with Crippen LogP contribution in [0.3, 0.4) is 0 Å². The first-order valence-electron chi connectivity index (χ1n) is 9.10. The molecule has 0 aliphatic heterocycles. The van der Waals surface area contributed by atoms with E-state index in [0.717, 1.165) is 24.5 Å². The molecule has 0 unspecified atom stereocenters. The first-order chi connectivity index (χ1) is 13.4. The molecule has 1 aliphatic carbocycles. The molecule has 3 aromatic carbocycles. The van der Waals surface area contributed by atoms with Gasteiger partial charge < -0.3 is 4.90 Å². The molecule has 0 amide bonds. The SMILES string of the molecule is [CH]1C=C[CH-][C]1CN(Cc1ccc[cH-]1)c1ccc(N=Nc2ccccc2)cc1.[Fe+2]. The van der Waals surface area contributed by atoms with Gasteiger partial charge in [0.2, 0.25) is 0 Å². The minimum atomic E-state index is 0. The molecule has 3 nitrogen and oxygen atoms in total. The number of benzene rings is 2. The molecule has 0 aromatic heterocycles. The van der Waals surface area contributed by atoms with E-state index in [9.17, 15) is 0 Å². The Kier molecular flexibility index (Phi) is 7.18. The molecule has 4 heteroatoms. The fraction of sp³-hybridized carbons (Fsp3) is 0.0833. The molecule has 0 saturated heterocycles. The Morgan fingerprint density at radius 1 is 0.786 bits per heavy atom. The summed E-state index contributed by atoms with van der Waals surface area (Å²) >= 11 is 0. The zero-order valence-corrected chi connectivity index (χ0v) is 16.5. The van der Waals surface area contributed by atoms with Crippen molar-refractivity contribution in [2.24, 2.45) is 10.2 Å². The monoisotopic (exact) mass is 407 g/mol. The summed E-state index contributed by atoms with van der Waals surface area (Å²) in [6.07, 6.45) is 8.51. The predicted molar refractivity (Wildman–Crippen MR) is 111 cm³/mol. The summed E-state index contributed by atoms with van der Waals surface area (Å²) in [5, 5.41) is 8.62. The van der Waals surface area contributed by atoms with Crippen molar-refractivity contribution in [2.45, 2.75) is 6.54 Å². The summed E-state index contributed by atoms with van der Waals surface area (Å²) in [4.78, 5) is 2.38. The molecule has 28 heavy (non-hydrogen) atoms. The summed E-state index contributed by atoms with van der Waals surface area (Å²) in [6.45, 7) is 1.76. The minimum Gasteiger partial charge on any atom is -0.370 e.